The number of aromatic nitrogens is 2. The zero-order chi connectivity index (χ0) is 14.3. The molecule has 1 aromatic carbocycles. The molecule has 2 aromatic rings. The highest BCUT2D eigenvalue weighted by Crippen LogP contribution is 2.42. The van der Waals surface area contributed by atoms with Crippen LogP contribution < -0.4 is 5.32 Å². The molecular weight excluding hydrogens is 361 g/mol. The maximum Gasteiger partial charge on any atom is 0.161 e. The van der Waals surface area contributed by atoms with Gasteiger partial charge in [-0.1, -0.05) is 12.1 Å². The molecule has 0 radical (unpaired) electrons. The molecule has 104 valence electrons. The first kappa shape index (κ1) is 13.8. The first-order valence-corrected chi connectivity index (χ1v) is 8.01. The Balaban J connectivity index is 2.12. The fraction of sp³-hybridized carbons (Fsp3) is 0.375. The van der Waals surface area contributed by atoms with Crippen LogP contribution >= 0.6 is 22.6 Å². The summed E-state index contributed by atoms with van der Waals surface area (Å²) >= 11 is 2.36. The van der Waals surface area contributed by atoms with Crippen LogP contribution in [0.3, 0.4) is 0 Å². The fourth-order valence-electron chi connectivity index (χ4n) is 2.27. The van der Waals surface area contributed by atoms with Gasteiger partial charge in [0.25, 0.3) is 0 Å². The summed E-state index contributed by atoms with van der Waals surface area (Å²) < 4.78 is 1.17. The Bertz CT molecular complexity index is 663. The standard InChI is InChI=1S/C16H18IN3/c1-9-4-5-12(8-10(9)2)15-19-14(11-6-7-11)13(17)16(18-3)20-15/h4-5,8,11H,6-7H2,1-3H3,(H,18,19,20). The number of hydrogen-bond acceptors (Lipinski definition) is 3. The molecule has 1 aliphatic rings. The summed E-state index contributed by atoms with van der Waals surface area (Å²) in [5.41, 5.74) is 4.89. The van der Waals surface area contributed by atoms with Crippen LogP contribution in [0.5, 0.6) is 0 Å². The first-order chi connectivity index (χ1) is 9.60. The Hall–Kier alpha value is -1.17. The molecule has 1 aliphatic carbocycles. The van der Waals surface area contributed by atoms with E-state index in [0.29, 0.717) is 5.92 Å². The molecule has 20 heavy (non-hydrogen) atoms. The second-order valence-corrected chi connectivity index (χ2v) is 6.50. The van der Waals surface area contributed by atoms with Crippen molar-refractivity contribution in [3.8, 4) is 11.4 Å². The lowest BCUT2D eigenvalue weighted by atomic mass is 10.1. The summed E-state index contributed by atoms with van der Waals surface area (Å²) in [6, 6.07) is 6.43. The molecule has 1 aromatic heterocycles. The van der Waals surface area contributed by atoms with E-state index in [1.165, 1.54) is 33.2 Å². The van der Waals surface area contributed by atoms with Crippen molar-refractivity contribution in [3.63, 3.8) is 0 Å². The lowest BCUT2D eigenvalue weighted by Crippen LogP contribution is -2.04. The number of nitrogens with one attached hydrogen (secondary N) is 1. The Morgan fingerprint density at radius 3 is 2.50 bits per heavy atom. The predicted octanol–water partition coefficient (Wildman–Crippen LogP) is 4.28. The van der Waals surface area contributed by atoms with E-state index in [9.17, 15) is 0 Å². The highest BCUT2D eigenvalue weighted by molar-refractivity contribution is 14.1. The van der Waals surface area contributed by atoms with Crippen molar-refractivity contribution in [3.05, 3.63) is 38.6 Å². The Labute approximate surface area is 133 Å². The van der Waals surface area contributed by atoms with Crippen molar-refractivity contribution in [1.82, 2.24) is 9.97 Å². The van der Waals surface area contributed by atoms with Gasteiger partial charge in [0.2, 0.25) is 0 Å². The van der Waals surface area contributed by atoms with Crippen LogP contribution in [0.4, 0.5) is 5.82 Å². The summed E-state index contributed by atoms with van der Waals surface area (Å²) in [7, 11) is 1.92. The third kappa shape index (κ3) is 2.53. The van der Waals surface area contributed by atoms with E-state index in [2.05, 4.69) is 64.9 Å². The van der Waals surface area contributed by atoms with Gasteiger partial charge < -0.3 is 5.32 Å². The van der Waals surface area contributed by atoms with E-state index < -0.39 is 0 Å². The number of nitrogens with zero attached hydrogens (tertiary/aromatic N) is 2. The lowest BCUT2D eigenvalue weighted by Gasteiger charge is -2.11. The average Bonchev–Trinajstić information content (AvgIpc) is 3.27. The minimum absolute atomic E-state index is 0.627. The summed E-state index contributed by atoms with van der Waals surface area (Å²) in [6.07, 6.45) is 2.51. The van der Waals surface area contributed by atoms with Crippen molar-refractivity contribution in [2.45, 2.75) is 32.6 Å². The predicted molar refractivity (Wildman–Crippen MR) is 91.2 cm³/mol. The van der Waals surface area contributed by atoms with Gasteiger partial charge in [-0.3, -0.25) is 0 Å². The van der Waals surface area contributed by atoms with Gasteiger partial charge in [0, 0.05) is 18.5 Å². The largest absolute Gasteiger partial charge is 0.372 e. The van der Waals surface area contributed by atoms with Gasteiger partial charge in [-0.2, -0.15) is 0 Å². The number of benzene rings is 1. The summed E-state index contributed by atoms with van der Waals surface area (Å²) in [5, 5.41) is 3.20. The number of hydrogen-bond donors (Lipinski definition) is 1. The molecule has 0 unspecified atom stereocenters. The Morgan fingerprint density at radius 1 is 1.15 bits per heavy atom. The van der Waals surface area contributed by atoms with E-state index in [0.717, 1.165) is 17.2 Å². The second-order valence-electron chi connectivity index (χ2n) is 5.42. The topological polar surface area (TPSA) is 37.8 Å². The van der Waals surface area contributed by atoms with Crippen molar-refractivity contribution in [1.29, 1.82) is 0 Å². The van der Waals surface area contributed by atoms with Crippen molar-refractivity contribution in [2.75, 3.05) is 12.4 Å². The average molecular weight is 379 g/mol. The minimum atomic E-state index is 0.627. The SMILES string of the molecule is CNc1nc(-c2ccc(C)c(C)c2)nc(C2CC2)c1I. The highest BCUT2D eigenvalue weighted by atomic mass is 127. The van der Waals surface area contributed by atoms with Crippen molar-refractivity contribution >= 4 is 28.4 Å². The molecule has 0 spiro atoms. The maximum absolute atomic E-state index is 4.83. The zero-order valence-corrected chi connectivity index (χ0v) is 14.2. The van der Waals surface area contributed by atoms with Gasteiger partial charge in [-0.25, -0.2) is 9.97 Å². The Morgan fingerprint density at radius 2 is 1.90 bits per heavy atom. The van der Waals surface area contributed by atoms with Crippen LogP contribution in [0.1, 0.15) is 35.6 Å². The molecule has 1 N–H and O–H groups in total. The molecule has 0 atom stereocenters. The van der Waals surface area contributed by atoms with E-state index >= 15 is 0 Å². The maximum atomic E-state index is 4.83. The first-order valence-electron chi connectivity index (χ1n) is 6.93. The molecule has 0 saturated heterocycles. The van der Waals surface area contributed by atoms with Crippen molar-refractivity contribution in [2.24, 2.45) is 0 Å². The smallest absolute Gasteiger partial charge is 0.161 e. The van der Waals surface area contributed by atoms with E-state index in [-0.39, 0.29) is 0 Å². The van der Waals surface area contributed by atoms with Crippen LogP contribution in [0.2, 0.25) is 0 Å². The molecule has 1 fully saturated rings. The van der Waals surface area contributed by atoms with E-state index in [1.807, 2.05) is 7.05 Å². The van der Waals surface area contributed by atoms with Gasteiger partial charge >= 0.3 is 0 Å². The van der Waals surface area contributed by atoms with E-state index in [1.54, 1.807) is 0 Å². The lowest BCUT2D eigenvalue weighted by molar-refractivity contribution is 0.978. The third-order valence-corrected chi connectivity index (χ3v) is 4.91. The van der Waals surface area contributed by atoms with Gasteiger partial charge in [-0.05, 0) is 66.5 Å². The molecule has 3 rings (SSSR count). The molecule has 0 bridgehead atoms. The van der Waals surface area contributed by atoms with Crippen LogP contribution in [-0.4, -0.2) is 17.0 Å². The van der Waals surface area contributed by atoms with Crippen LogP contribution in [0.15, 0.2) is 18.2 Å². The molecule has 0 aliphatic heterocycles. The number of anilines is 1. The molecular formula is C16H18IN3. The minimum Gasteiger partial charge on any atom is -0.372 e. The molecule has 4 heteroatoms. The third-order valence-electron chi connectivity index (χ3n) is 3.84. The number of halogens is 1. The normalized spacial score (nSPS) is 14.4. The number of aryl methyl sites for hydroxylation is 2. The number of rotatable bonds is 3. The molecule has 1 heterocycles. The van der Waals surface area contributed by atoms with Gasteiger partial charge in [0.15, 0.2) is 5.82 Å². The summed E-state index contributed by atoms with van der Waals surface area (Å²) in [6.45, 7) is 4.26. The monoisotopic (exact) mass is 379 g/mol. The molecule has 3 nitrogen and oxygen atoms in total. The van der Waals surface area contributed by atoms with Gasteiger partial charge in [0.1, 0.15) is 5.82 Å². The van der Waals surface area contributed by atoms with Gasteiger partial charge in [-0.15, -0.1) is 0 Å². The Kier molecular flexibility index (Phi) is 3.67. The van der Waals surface area contributed by atoms with Crippen LogP contribution in [-0.2, 0) is 0 Å². The highest BCUT2D eigenvalue weighted by Gasteiger charge is 2.29. The fourth-order valence-corrected chi connectivity index (χ4v) is 3.22. The zero-order valence-electron chi connectivity index (χ0n) is 12.0. The quantitative estimate of drug-likeness (QED) is 0.809. The summed E-state index contributed by atoms with van der Waals surface area (Å²) in [4.78, 5) is 9.50. The van der Waals surface area contributed by atoms with E-state index in [4.69, 9.17) is 4.98 Å². The second kappa shape index (κ2) is 5.31. The van der Waals surface area contributed by atoms with Crippen LogP contribution in [0.25, 0.3) is 11.4 Å². The molecule has 0 amide bonds. The molecule has 1 saturated carbocycles. The van der Waals surface area contributed by atoms with Crippen LogP contribution in [0, 0.1) is 17.4 Å². The van der Waals surface area contributed by atoms with Gasteiger partial charge in [0.05, 0.1) is 9.26 Å². The van der Waals surface area contributed by atoms with Crippen molar-refractivity contribution < 1.29 is 0 Å². The summed E-state index contributed by atoms with van der Waals surface area (Å²) in [5.74, 6) is 2.40.